The first-order valence-corrected chi connectivity index (χ1v) is 11.0. The van der Waals surface area contributed by atoms with Gasteiger partial charge in [0.1, 0.15) is 11.5 Å². The molecule has 0 amide bonds. The normalized spacial score (nSPS) is 19.8. The molecule has 2 atom stereocenters. The number of Topliss-reactive ketones (excluding diaryl/α,β-unsaturated/α-hetero) is 1. The monoisotopic (exact) mass is 398 g/mol. The lowest BCUT2D eigenvalue weighted by Crippen LogP contribution is -2.18. The van der Waals surface area contributed by atoms with Crippen molar-refractivity contribution in [2.24, 2.45) is 0 Å². The van der Waals surface area contributed by atoms with Crippen LogP contribution in [0.1, 0.15) is 75.3 Å². The van der Waals surface area contributed by atoms with Gasteiger partial charge >= 0.3 is 0 Å². The van der Waals surface area contributed by atoms with Gasteiger partial charge < -0.3 is 9.53 Å². The van der Waals surface area contributed by atoms with Crippen molar-refractivity contribution < 1.29 is 9.53 Å². The Morgan fingerprint density at radius 3 is 2.43 bits per heavy atom. The molecule has 0 heterocycles. The third-order valence-electron chi connectivity index (χ3n) is 5.69. The van der Waals surface area contributed by atoms with Gasteiger partial charge in [0.15, 0.2) is 0 Å². The number of carbonyl (C=O) groups excluding carboxylic acids is 1. The molecule has 0 aliphatic heterocycles. The van der Waals surface area contributed by atoms with E-state index in [0.29, 0.717) is 18.1 Å². The molecule has 3 rings (SSSR count). The highest BCUT2D eigenvalue weighted by atomic mass is 35.5. The quantitative estimate of drug-likeness (QED) is 0.349. The van der Waals surface area contributed by atoms with Crippen molar-refractivity contribution in [3.8, 4) is 5.75 Å². The van der Waals surface area contributed by atoms with E-state index in [1.165, 1.54) is 30.4 Å². The summed E-state index contributed by atoms with van der Waals surface area (Å²) in [6, 6.07) is 16.8. The Morgan fingerprint density at radius 2 is 1.71 bits per heavy atom. The SMILES string of the molecule is CC(=O)CCCCc1ccc(C2CCCCC(Oc3ccc(Cl)cc3)C2)cc1. The van der Waals surface area contributed by atoms with Crippen LogP contribution in [0.3, 0.4) is 0 Å². The van der Waals surface area contributed by atoms with E-state index in [1.54, 1.807) is 6.92 Å². The fourth-order valence-corrected chi connectivity index (χ4v) is 4.22. The molecule has 0 N–H and O–H groups in total. The summed E-state index contributed by atoms with van der Waals surface area (Å²) in [5, 5.41) is 0.743. The zero-order valence-electron chi connectivity index (χ0n) is 16.8. The number of aryl methyl sites for hydroxylation is 1. The minimum Gasteiger partial charge on any atom is -0.490 e. The molecule has 0 spiro atoms. The van der Waals surface area contributed by atoms with Crippen LogP contribution >= 0.6 is 11.6 Å². The van der Waals surface area contributed by atoms with E-state index in [4.69, 9.17) is 16.3 Å². The van der Waals surface area contributed by atoms with Crippen molar-refractivity contribution in [1.29, 1.82) is 0 Å². The summed E-state index contributed by atoms with van der Waals surface area (Å²) in [7, 11) is 0. The maximum atomic E-state index is 11.0. The molecule has 1 aliphatic rings. The number of benzene rings is 2. The molecule has 3 heteroatoms. The highest BCUT2D eigenvalue weighted by Gasteiger charge is 2.23. The molecular formula is C25H31ClO2. The highest BCUT2D eigenvalue weighted by Crippen LogP contribution is 2.34. The minimum atomic E-state index is 0.264. The molecule has 2 nitrogen and oxygen atoms in total. The molecule has 28 heavy (non-hydrogen) atoms. The Kier molecular flexibility index (Phi) is 7.97. The number of carbonyl (C=O) groups is 1. The van der Waals surface area contributed by atoms with Crippen molar-refractivity contribution in [1.82, 2.24) is 0 Å². The predicted molar refractivity (Wildman–Crippen MR) is 116 cm³/mol. The lowest BCUT2D eigenvalue weighted by atomic mass is 9.90. The van der Waals surface area contributed by atoms with Crippen LogP contribution < -0.4 is 4.74 Å². The first kappa shape index (κ1) is 20.9. The average Bonchev–Trinajstić information content (AvgIpc) is 2.93. The minimum absolute atomic E-state index is 0.264. The summed E-state index contributed by atoms with van der Waals surface area (Å²) in [4.78, 5) is 11.0. The summed E-state index contributed by atoms with van der Waals surface area (Å²) in [6.07, 6.45) is 10.0. The van der Waals surface area contributed by atoms with Gasteiger partial charge in [-0.25, -0.2) is 0 Å². The Balaban J connectivity index is 1.55. The number of hydrogen-bond acceptors (Lipinski definition) is 2. The zero-order valence-corrected chi connectivity index (χ0v) is 17.6. The molecule has 1 saturated carbocycles. The van der Waals surface area contributed by atoms with Gasteiger partial charge in [-0.3, -0.25) is 0 Å². The third kappa shape index (κ3) is 6.67. The van der Waals surface area contributed by atoms with E-state index < -0.39 is 0 Å². The molecule has 150 valence electrons. The molecule has 1 fully saturated rings. The molecule has 2 aromatic rings. The molecule has 1 aliphatic carbocycles. The van der Waals surface area contributed by atoms with Crippen molar-refractivity contribution in [3.05, 3.63) is 64.7 Å². The standard InChI is InChI=1S/C25H31ClO2/c1-19(27)6-2-3-7-20-10-12-21(13-11-20)22-8-4-5-9-25(18-22)28-24-16-14-23(26)15-17-24/h10-17,22,25H,2-9,18H2,1H3. The van der Waals surface area contributed by atoms with Gasteiger partial charge in [0.25, 0.3) is 0 Å². The van der Waals surface area contributed by atoms with E-state index in [1.807, 2.05) is 24.3 Å². The van der Waals surface area contributed by atoms with Gasteiger partial charge in [-0.15, -0.1) is 0 Å². The van der Waals surface area contributed by atoms with Gasteiger partial charge in [0.05, 0.1) is 6.10 Å². The number of rotatable bonds is 8. The lowest BCUT2D eigenvalue weighted by molar-refractivity contribution is -0.117. The first-order valence-electron chi connectivity index (χ1n) is 10.6. The zero-order chi connectivity index (χ0) is 19.8. The van der Waals surface area contributed by atoms with Gasteiger partial charge in [-0.05, 0) is 93.2 Å². The maximum Gasteiger partial charge on any atom is 0.129 e. The molecule has 2 unspecified atom stereocenters. The fraction of sp³-hybridized carbons (Fsp3) is 0.480. The molecule has 2 aromatic carbocycles. The molecular weight excluding hydrogens is 368 g/mol. The van der Waals surface area contributed by atoms with Crippen molar-refractivity contribution in [2.45, 2.75) is 76.7 Å². The Hall–Kier alpha value is -1.80. The van der Waals surface area contributed by atoms with Crippen molar-refractivity contribution in [2.75, 3.05) is 0 Å². The summed E-state index contributed by atoms with van der Waals surface area (Å²) in [5.74, 6) is 1.77. The summed E-state index contributed by atoms with van der Waals surface area (Å²) in [6.45, 7) is 1.67. The smallest absolute Gasteiger partial charge is 0.129 e. The lowest BCUT2D eigenvalue weighted by Gasteiger charge is -2.22. The van der Waals surface area contributed by atoms with Crippen LogP contribution in [0.4, 0.5) is 0 Å². The summed E-state index contributed by atoms with van der Waals surface area (Å²) >= 11 is 5.98. The van der Waals surface area contributed by atoms with Crippen LogP contribution in [0.15, 0.2) is 48.5 Å². The van der Waals surface area contributed by atoms with Gasteiger partial charge in [-0.1, -0.05) is 42.3 Å². The van der Waals surface area contributed by atoms with Gasteiger partial charge in [0, 0.05) is 11.4 Å². The molecule has 0 saturated heterocycles. The second-order valence-electron chi connectivity index (χ2n) is 8.06. The Labute approximate surface area is 174 Å². The summed E-state index contributed by atoms with van der Waals surface area (Å²) < 4.78 is 6.26. The van der Waals surface area contributed by atoms with E-state index in [-0.39, 0.29) is 6.10 Å². The van der Waals surface area contributed by atoms with Crippen LogP contribution in [-0.4, -0.2) is 11.9 Å². The number of ether oxygens (including phenoxy) is 1. The molecule has 0 radical (unpaired) electrons. The van der Waals surface area contributed by atoms with Crippen LogP contribution in [-0.2, 0) is 11.2 Å². The third-order valence-corrected chi connectivity index (χ3v) is 5.94. The Morgan fingerprint density at radius 1 is 1.00 bits per heavy atom. The van der Waals surface area contributed by atoms with Crippen molar-refractivity contribution >= 4 is 17.4 Å². The van der Waals surface area contributed by atoms with Crippen LogP contribution in [0.25, 0.3) is 0 Å². The molecule has 0 bridgehead atoms. The Bertz CT molecular complexity index is 736. The van der Waals surface area contributed by atoms with Crippen LogP contribution in [0, 0.1) is 0 Å². The van der Waals surface area contributed by atoms with Crippen molar-refractivity contribution in [3.63, 3.8) is 0 Å². The highest BCUT2D eigenvalue weighted by molar-refractivity contribution is 6.30. The second-order valence-corrected chi connectivity index (χ2v) is 8.50. The fourth-order valence-electron chi connectivity index (χ4n) is 4.09. The number of halogens is 1. The second kappa shape index (κ2) is 10.7. The van der Waals surface area contributed by atoms with E-state index in [2.05, 4.69) is 24.3 Å². The van der Waals surface area contributed by atoms with E-state index in [0.717, 1.165) is 42.9 Å². The van der Waals surface area contributed by atoms with Crippen LogP contribution in [0.5, 0.6) is 5.75 Å². The summed E-state index contributed by atoms with van der Waals surface area (Å²) in [5.41, 5.74) is 2.80. The number of unbranched alkanes of at least 4 members (excludes halogenated alkanes) is 1. The average molecular weight is 399 g/mol. The van der Waals surface area contributed by atoms with Gasteiger partial charge in [-0.2, -0.15) is 0 Å². The van der Waals surface area contributed by atoms with E-state index >= 15 is 0 Å². The predicted octanol–water partition coefficient (Wildman–Crippen LogP) is 7.14. The largest absolute Gasteiger partial charge is 0.490 e. The topological polar surface area (TPSA) is 26.3 Å². The van der Waals surface area contributed by atoms with Gasteiger partial charge in [0.2, 0.25) is 0 Å². The van der Waals surface area contributed by atoms with E-state index in [9.17, 15) is 4.79 Å². The first-order chi connectivity index (χ1) is 13.6. The maximum absolute atomic E-state index is 11.0. The number of ketones is 1. The number of hydrogen-bond donors (Lipinski definition) is 0. The molecule has 0 aromatic heterocycles. The van der Waals surface area contributed by atoms with Crippen LogP contribution in [0.2, 0.25) is 5.02 Å².